The Labute approximate surface area is 213 Å². The van der Waals surface area contributed by atoms with Gasteiger partial charge in [0.2, 0.25) is 0 Å². The van der Waals surface area contributed by atoms with Crippen LogP contribution in [0, 0.1) is 0 Å². The second-order valence-corrected chi connectivity index (χ2v) is 9.18. The lowest BCUT2D eigenvalue weighted by Crippen LogP contribution is -2.25. The van der Waals surface area contributed by atoms with Crippen LogP contribution in [-0.4, -0.2) is 33.6 Å². The smallest absolute Gasteiger partial charge is 0.269 e. The summed E-state index contributed by atoms with van der Waals surface area (Å²) >= 11 is 0. The third-order valence-electron chi connectivity index (χ3n) is 6.60. The Hall–Kier alpha value is -3.67. The normalized spacial score (nSPS) is 11.9. The van der Waals surface area contributed by atoms with Crippen molar-refractivity contribution in [1.82, 2.24) is 19.9 Å². The summed E-state index contributed by atoms with van der Waals surface area (Å²) in [7, 11) is 0. The Balaban J connectivity index is 1.26. The van der Waals surface area contributed by atoms with Crippen molar-refractivity contribution in [3.63, 3.8) is 0 Å². The van der Waals surface area contributed by atoms with Gasteiger partial charge in [-0.1, -0.05) is 44.2 Å². The number of hydrogen-bond acceptors (Lipinski definition) is 4. The highest BCUT2D eigenvalue weighted by Crippen LogP contribution is 2.22. The van der Waals surface area contributed by atoms with Crippen molar-refractivity contribution in [2.75, 3.05) is 13.2 Å². The van der Waals surface area contributed by atoms with Crippen molar-refractivity contribution >= 4 is 16.9 Å². The van der Waals surface area contributed by atoms with Crippen LogP contribution in [0.3, 0.4) is 0 Å². The van der Waals surface area contributed by atoms with E-state index < -0.39 is 0 Å². The van der Waals surface area contributed by atoms with Gasteiger partial charge in [-0.05, 0) is 73.6 Å². The zero-order chi connectivity index (χ0) is 25.2. The topological polar surface area (TPSA) is 69.0 Å². The largest absolute Gasteiger partial charge is 0.494 e. The van der Waals surface area contributed by atoms with Crippen LogP contribution >= 0.6 is 0 Å². The number of nitrogens with zero attached hydrogens (tertiary/aromatic N) is 3. The van der Waals surface area contributed by atoms with Gasteiger partial charge >= 0.3 is 0 Å². The number of ether oxygens (including phenoxy) is 1. The maximum absolute atomic E-state index is 12.2. The van der Waals surface area contributed by atoms with Gasteiger partial charge in [-0.3, -0.25) is 9.78 Å². The zero-order valence-corrected chi connectivity index (χ0v) is 21.3. The van der Waals surface area contributed by atoms with Gasteiger partial charge in [-0.2, -0.15) is 0 Å². The zero-order valence-electron chi connectivity index (χ0n) is 21.3. The molecule has 1 atom stereocenters. The number of aromatic nitrogens is 3. The molecule has 1 N–H and O–H groups in total. The summed E-state index contributed by atoms with van der Waals surface area (Å²) in [5.74, 6) is 2.43. The maximum atomic E-state index is 12.2. The summed E-state index contributed by atoms with van der Waals surface area (Å²) in [6.45, 7) is 6.65. The molecule has 6 nitrogen and oxygen atoms in total. The quantitative estimate of drug-likeness (QED) is 0.231. The molecule has 0 spiro atoms. The minimum Gasteiger partial charge on any atom is -0.494 e. The molecule has 2 aromatic heterocycles. The van der Waals surface area contributed by atoms with Crippen molar-refractivity contribution in [2.45, 2.75) is 58.4 Å². The van der Waals surface area contributed by atoms with Crippen molar-refractivity contribution < 1.29 is 9.53 Å². The third-order valence-corrected chi connectivity index (χ3v) is 6.60. The predicted molar refractivity (Wildman–Crippen MR) is 145 cm³/mol. The number of hydrogen-bond donors (Lipinski definition) is 1. The molecule has 6 heteroatoms. The highest BCUT2D eigenvalue weighted by molar-refractivity contribution is 5.92. The number of carbonyl (C=O) groups excluding carboxylic acids is 1. The third kappa shape index (κ3) is 6.72. The predicted octanol–water partition coefficient (Wildman–Crippen LogP) is 6.17. The van der Waals surface area contributed by atoms with Crippen molar-refractivity contribution in [3.8, 4) is 5.75 Å². The standard InChI is InChI=1S/C30H36N4O2/c1-3-23(2)24-15-17-25(18-16-24)36-22-9-8-21-34-28-13-5-4-11-26(28)33-29(34)14-10-20-32-30(35)27-12-6-7-19-31-27/h4-7,11-13,15-19,23H,3,8-10,14,20-22H2,1-2H3,(H,32,35). The Bertz CT molecular complexity index is 1240. The Morgan fingerprint density at radius 2 is 1.81 bits per heavy atom. The summed E-state index contributed by atoms with van der Waals surface area (Å²) in [6.07, 6.45) is 6.37. The van der Waals surface area contributed by atoms with Gasteiger partial charge in [-0.15, -0.1) is 0 Å². The van der Waals surface area contributed by atoms with Crippen LogP contribution < -0.4 is 10.1 Å². The highest BCUT2D eigenvalue weighted by atomic mass is 16.5. The van der Waals surface area contributed by atoms with E-state index in [1.807, 2.05) is 12.1 Å². The van der Waals surface area contributed by atoms with Gasteiger partial charge in [0.15, 0.2) is 0 Å². The van der Waals surface area contributed by atoms with Gasteiger partial charge in [-0.25, -0.2) is 4.98 Å². The molecule has 4 rings (SSSR count). The van der Waals surface area contributed by atoms with Gasteiger partial charge < -0.3 is 14.6 Å². The lowest BCUT2D eigenvalue weighted by molar-refractivity contribution is 0.0948. The Morgan fingerprint density at radius 3 is 2.58 bits per heavy atom. The molecule has 4 aromatic rings. The summed E-state index contributed by atoms with van der Waals surface area (Å²) < 4.78 is 8.30. The number of nitrogens with one attached hydrogen (secondary N) is 1. The second-order valence-electron chi connectivity index (χ2n) is 9.18. The number of rotatable bonds is 13. The first-order valence-corrected chi connectivity index (χ1v) is 13.0. The molecule has 0 saturated heterocycles. The van der Waals surface area contributed by atoms with E-state index in [1.165, 1.54) is 5.56 Å². The molecular formula is C30H36N4O2. The van der Waals surface area contributed by atoms with Crippen LogP contribution in [0.5, 0.6) is 5.75 Å². The second kappa shape index (κ2) is 12.9. The van der Waals surface area contributed by atoms with Gasteiger partial charge in [0.05, 0.1) is 17.6 Å². The van der Waals surface area contributed by atoms with E-state index >= 15 is 0 Å². The Morgan fingerprint density at radius 1 is 1.00 bits per heavy atom. The molecule has 1 unspecified atom stereocenters. The van der Waals surface area contributed by atoms with E-state index in [1.54, 1.807) is 18.3 Å². The molecule has 1 amide bonds. The number of carbonyl (C=O) groups is 1. The van der Waals surface area contributed by atoms with Crippen LogP contribution in [0.15, 0.2) is 72.9 Å². The van der Waals surface area contributed by atoms with Crippen molar-refractivity contribution in [1.29, 1.82) is 0 Å². The summed E-state index contributed by atoms with van der Waals surface area (Å²) in [6, 6.07) is 22.1. The van der Waals surface area contributed by atoms with Crippen LogP contribution in [0.2, 0.25) is 0 Å². The number of aryl methyl sites for hydroxylation is 2. The number of benzene rings is 2. The van der Waals surface area contributed by atoms with Crippen LogP contribution in [0.1, 0.15) is 67.3 Å². The average Bonchev–Trinajstić information content (AvgIpc) is 3.28. The van der Waals surface area contributed by atoms with Gasteiger partial charge in [0.25, 0.3) is 5.91 Å². The Kier molecular flexibility index (Phi) is 9.09. The maximum Gasteiger partial charge on any atom is 0.269 e. The summed E-state index contributed by atoms with van der Waals surface area (Å²) in [5.41, 5.74) is 3.98. The number of imidazole rings is 1. The van der Waals surface area contributed by atoms with Crippen LogP contribution in [0.25, 0.3) is 11.0 Å². The molecule has 2 heterocycles. The summed E-state index contributed by atoms with van der Waals surface area (Å²) in [4.78, 5) is 21.2. The molecule has 0 fully saturated rings. The van der Waals surface area contributed by atoms with E-state index in [-0.39, 0.29) is 5.91 Å². The van der Waals surface area contributed by atoms with Crippen molar-refractivity contribution in [2.24, 2.45) is 0 Å². The van der Waals surface area contributed by atoms with E-state index in [9.17, 15) is 4.79 Å². The number of amides is 1. The first kappa shape index (κ1) is 25.4. The minimum absolute atomic E-state index is 0.140. The average molecular weight is 485 g/mol. The fourth-order valence-electron chi connectivity index (χ4n) is 4.29. The van der Waals surface area contributed by atoms with Crippen molar-refractivity contribution in [3.05, 3.63) is 90.0 Å². The molecule has 0 aliphatic carbocycles. The van der Waals surface area contributed by atoms with E-state index in [2.05, 4.69) is 71.2 Å². The molecule has 0 radical (unpaired) electrons. The first-order chi connectivity index (χ1) is 17.7. The molecule has 0 aliphatic heterocycles. The number of unbranched alkanes of at least 4 members (excludes halogenated alkanes) is 1. The molecule has 0 saturated carbocycles. The first-order valence-electron chi connectivity index (χ1n) is 13.0. The van der Waals surface area contributed by atoms with Crippen LogP contribution in [-0.2, 0) is 13.0 Å². The molecular weight excluding hydrogens is 448 g/mol. The fraction of sp³-hybridized carbons (Fsp3) is 0.367. The van der Waals surface area contributed by atoms with E-state index in [4.69, 9.17) is 9.72 Å². The lowest BCUT2D eigenvalue weighted by Gasteiger charge is -2.12. The summed E-state index contributed by atoms with van der Waals surface area (Å²) in [5, 5.41) is 2.96. The monoisotopic (exact) mass is 484 g/mol. The minimum atomic E-state index is -0.140. The lowest BCUT2D eigenvalue weighted by atomic mass is 9.99. The number of fused-ring (bicyclic) bond motifs is 1. The van der Waals surface area contributed by atoms with E-state index in [0.29, 0.717) is 24.8 Å². The molecule has 2 aromatic carbocycles. The van der Waals surface area contributed by atoms with Gasteiger partial charge in [0, 0.05) is 25.7 Å². The van der Waals surface area contributed by atoms with E-state index in [0.717, 1.165) is 61.3 Å². The van der Waals surface area contributed by atoms with Crippen LogP contribution in [0.4, 0.5) is 0 Å². The molecule has 36 heavy (non-hydrogen) atoms. The number of pyridine rings is 1. The molecule has 0 bridgehead atoms. The van der Waals surface area contributed by atoms with Gasteiger partial charge in [0.1, 0.15) is 17.3 Å². The fourth-order valence-corrected chi connectivity index (χ4v) is 4.29. The molecule has 0 aliphatic rings. The molecule has 188 valence electrons. The SMILES string of the molecule is CCC(C)c1ccc(OCCCCn2c(CCCNC(=O)c3ccccn3)nc3ccccc32)cc1. The number of para-hydroxylation sites is 2. The highest BCUT2D eigenvalue weighted by Gasteiger charge is 2.11.